The highest BCUT2D eigenvalue weighted by Crippen LogP contribution is 2.35. The molecule has 9 heteroatoms. The Kier molecular flexibility index (Phi) is 5.49. The Morgan fingerprint density at radius 3 is 2.69 bits per heavy atom. The summed E-state index contributed by atoms with van der Waals surface area (Å²) in [6.07, 6.45) is 0.945. The number of methoxy groups -OCH3 is 1. The third-order valence-corrected chi connectivity index (χ3v) is 3.31. The largest absolute Gasteiger partial charge is 0.504 e. The summed E-state index contributed by atoms with van der Waals surface area (Å²) in [5.41, 5.74) is -1.21. The van der Waals surface area contributed by atoms with Crippen molar-refractivity contribution in [3.63, 3.8) is 0 Å². The molecule has 0 spiro atoms. The van der Waals surface area contributed by atoms with Gasteiger partial charge in [0.2, 0.25) is 0 Å². The van der Waals surface area contributed by atoms with E-state index < -0.39 is 33.7 Å². The van der Waals surface area contributed by atoms with Gasteiger partial charge in [0.1, 0.15) is 17.5 Å². The van der Waals surface area contributed by atoms with Crippen molar-refractivity contribution < 1.29 is 24.0 Å². The van der Waals surface area contributed by atoms with Crippen molar-refractivity contribution in [3.8, 4) is 17.6 Å². The Bertz CT molecular complexity index is 950. The maximum absolute atomic E-state index is 13.6. The number of amides is 1. The Labute approximate surface area is 146 Å². The highest BCUT2D eigenvalue weighted by molar-refractivity contribution is 6.10. The van der Waals surface area contributed by atoms with Crippen molar-refractivity contribution in [3.05, 3.63) is 63.5 Å². The second-order valence-electron chi connectivity index (χ2n) is 4.95. The molecule has 2 aromatic rings. The summed E-state index contributed by atoms with van der Waals surface area (Å²) >= 11 is 0. The van der Waals surface area contributed by atoms with E-state index >= 15 is 0 Å². The summed E-state index contributed by atoms with van der Waals surface area (Å²) in [6, 6.07) is 8.94. The Balaban J connectivity index is 2.44. The molecule has 26 heavy (non-hydrogen) atoms. The fraction of sp³-hybridized carbons (Fsp3) is 0.0588. The number of para-hydroxylation sites is 1. The maximum Gasteiger partial charge on any atom is 0.274 e. The number of phenolic OH excluding ortho intramolecular Hbond substituents is 1. The number of phenols is 1. The molecule has 0 heterocycles. The number of aromatic hydroxyl groups is 1. The van der Waals surface area contributed by atoms with Gasteiger partial charge >= 0.3 is 0 Å². The molecule has 2 aromatic carbocycles. The minimum Gasteiger partial charge on any atom is -0.504 e. The summed E-state index contributed by atoms with van der Waals surface area (Å²) in [4.78, 5) is 22.4. The van der Waals surface area contributed by atoms with Crippen molar-refractivity contribution in [2.24, 2.45) is 0 Å². The lowest BCUT2D eigenvalue weighted by molar-refractivity contribution is -0.385. The summed E-state index contributed by atoms with van der Waals surface area (Å²) in [6.45, 7) is 0. The predicted molar refractivity (Wildman–Crippen MR) is 89.9 cm³/mol. The molecule has 0 unspecified atom stereocenters. The first kappa shape index (κ1) is 18.4. The van der Waals surface area contributed by atoms with Gasteiger partial charge in [-0.2, -0.15) is 5.26 Å². The van der Waals surface area contributed by atoms with E-state index in [-0.39, 0.29) is 17.0 Å². The number of halogens is 1. The van der Waals surface area contributed by atoms with E-state index in [1.54, 1.807) is 6.07 Å². The second kappa shape index (κ2) is 7.76. The number of nitrogens with zero attached hydrogens (tertiary/aromatic N) is 2. The number of non-ortho nitro benzene ring substituents is 1. The molecule has 2 N–H and O–H groups in total. The SMILES string of the molecule is COc1cc([N+](=O)[O-])cc(/C=C(/C#N)C(=O)Nc2ccccc2F)c1O. The highest BCUT2D eigenvalue weighted by Gasteiger charge is 2.18. The number of hydrogen-bond acceptors (Lipinski definition) is 6. The van der Waals surface area contributed by atoms with Gasteiger partial charge in [0.15, 0.2) is 11.5 Å². The zero-order chi connectivity index (χ0) is 19.3. The van der Waals surface area contributed by atoms with Gasteiger partial charge in [-0.15, -0.1) is 0 Å². The fourth-order valence-electron chi connectivity index (χ4n) is 2.04. The maximum atomic E-state index is 13.6. The van der Waals surface area contributed by atoms with Crippen LogP contribution in [0.5, 0.6) is 11.5 Å². The monoisotopic (exact) mass is 357 g/mol. The van der Waals surface area contributed by atoms with Crippen LogP contribution in [0.2, 0.25) is 0 Å². The minimum atomic E-state index is -0.942. The van der Waals surface area contributed by atoms with E-state index in [1.807, 2.05) is 0 Å². The molecule has 0 aliphatic rings. The molecular weight excluding hydrogens is 345 g/mol. The number of nitro benzene ring substituents is 1. The van der Waals surface area contributed by atoms with Crippen molar-refractivity contribution in [2.45, 2.75) is 0 Å². The second-order valence-corrected chi connectivity index (χ2v) is 4.95. The first-order valence-electron chi connectivity index (χ1n) is 7.10. The first-order valence-corrected chi connectivity index (χ1v) is 7.10. The molecule has 0 aliphatic carbocycles. The van der Waals surface area contributed by atoms with Gasteiger partial charge in [0.25, 0.3) is 11.6 Å². The number of nitriles is 1. The topological polar surface area (TPSA) is 125 Å². The van der Waals surface area contributed by atoms with Gasteiger partial charge in [0.05, 0.1) is 23.8 Å². The lowest BCUT2D eigenvalue weighted by atomic mass is 10.1. The van der Waals surface area contributed by atoms with E-state index in [0.29, 0.717) is 0 Å². The average molecular weight is 357 g/mol. The third kappa shape index (κ3) is 3.93. The van der Waals surface area contributed by atoms with Gasteiger partial charge in [-0.05, 0) is 18.2 Å². The smallest absolute Gasteiger partial charge is 0.274 e. The van der Waals surface area contributed by atoms with E-state index in [0.717, 1.165) is 24.3 Å². The van der Waals surface area contributed by atoms with Crippen LogP contribution in [0.3, 0.4) is 0 Å². The summed E-state index contributed by atoms with van der Waals surface area (Å²) < 4.78 is 18.4. The number of anilines is 1. The van der Waals surface area contributed by atoms with E-state index in [4.69, 9.17) is 4.74 Å². The van der Waals surface area contributed by atoms with Crippen LogP contribution in [0.15, 0.2) is 42.0 Å². The zero-order valence-electron chi connectivity index (χ0n) is 13.4. The van der Waals surface area contributed by atoms with Crippen molar-refractivity contribution >= 4 is 23.4 Å². The third-order valence-electron chi connectivity index (χ3n) is 3.31. The summed E-state index contributed by atoms with van der Waals surface area (Å²) in [5, 5.41) is 32.4. The van der Waals surface area contributed by atoms with Gasteiger partial charge in [0, 0.05) is 11.6 Å². The molecule has 0 bridgehead atoms. The van der Waals surface area contributed by atoms with Crippen LogP contribution < -0.4 is 10.1 Å². The summed E-state index contributed by atoms with van der Waals surface area (Å²) in [5.74, 6) is -2.32. The molecule has 0 saturated heterocycles. The van der Waals surface area contributed by atoms with Gasteiger partial charge in [-0.25, -0.2) is 4.39 Å². The predicted octanol–water partition coefficient (Wildman–Crippen LogP) is 2.99. The molecule has 8 nitrogen and oxygen atoms in total. The lowest BCUT2D eigenvalue weighted by Crippen LogP contribution is -2.14. The van der Waals surface area contributed by atoms with Crippen molar-refractivity contribution in [2.75, 3.05) is 12.4 Å². The molecule has 0 radical (unpaired) electrons. The van der Waals surface area contributed by atoms with Crippen LogP contribution in [-0.4, -0.2) is 23.0 Å². The van der Waals surface area contributed by atoms with E-state index in [2.05, 4.69) is 5.32 Å². The molecular formula is C17H12FN3O5. The zero-order valence-corrected chi connectivity index (χ0v) is 13.4. The van der Waals surface area contributed by atoms with Gasteiger partial charge in [-0.3, -0.25) is 14.9 Å². The van der Waals surface area contributed by atoms with Crippen molar-refractivity contribution in [1.29, 1.82) is 5.26 Å². The van der Waals surface area contributed by atoms with Crippen molar-refractivity contribution in [1.82, 2.24) is 0 Å². The normalized spacial score (nSPS) is 10.7. The number of benzene rings is 2. The number of carbonyl (C=O) groups is 1. The molecule has 0 atom stereocenters. The van der Waals surface area contributed by atoms with Crippen LogP contribution >= 0.6 is 0 Å². The van der Waals surface area contributed by atoms with Gasteiger partial charge < -0.3 is 15.2 Å². The highest BCUT2D eigenvalue weighted by atomic mass is 19.1. The Morgan fingerprint density at radius 1 is 1.42 bits per heavy atom. The lowest BCUT2D eigenvalue weighted by Gasteiger charge is -2.08. The van der Waals surface area contributed by atoms with Crippen LogP contribution in [0.4, 0.5) is 15.8 Å². The number of nitrogens with one attached hydrogen (secondary N) is 1. The van der Waals surface area contributed by atoms with Crippen LogP contribution in [0.25, 0.3) is 6.08 Å². The first-order chi connectivity index (χ1) is 12.4. The molecule has 132 valence electrons. The van der Waals surface area contributed by atoms with E-state index in [1.165, 1.54) is 25.3 Å². The van der Waals surface area contributed by atoms with Crippen LogP contribution in [0.1, 0.15) is 5.56 Å². The Hall–Kier alpha value is -3.93. The number of carbonyl (C=O) groups excluding carboxylic acids is 1. The van der Waals surface area contributed by atoms with Gasteiger partial charge in [-0.1, -0.05) is 12.1 Å². The molecule has 0 aliphatic heterocycles. The number of nitro groups is 1. The molecule has 2 rings (SSSR count). The van der Waals surface area contributed by atoms with E-state index in [9.17, 15) is 29.7 Å². The minimum absolute atomic E-state index is 0.139. The molecule has 0 fully saturated rings. The van der Waals surface area contributed by atoms with Crippen LogP contribution in [0, 0.1) is 27.3 Å². The average Bonchev–Trinajstić information content (AvgIpc) is 2.62. The molecule has 0 aromatic heterocycles. The summed E-state index contributed by atoms with van der Waals surface area (Å²) in [7, 11) is 1.20. The van der Waals surface area contributed by atoms with Crippen LogP contribution in [-0.2, 0) is 4.79 Å². The quantitative estimate of drug-likeness (QED) is 0.367. The standard InChI is InChI=1S/C17H12FN3O5/c1-26-15-8-12(21(24)25)7-10(16(15)22)6-11(9-19)17(23)20-14-5-3-2-4-13(14)18/h2-8,22H,1H3,(H,20,23)/b11-6-. The fourth-order valence-corrected chi connectivity index (χ4v) is 2.04. The number of ether oxygens (including phenoxy) is 1. The number of hydrogen-bond donors (Lipinski definition) is 2. The Morgan fingerprint density at radius 2 is 2.12 bits per heavy atom. The molecule has 1 amide bonds. The number of rotatable bonds is 5. The molecule has 0 saturated carbocycles.